The predicted octanol–water partition coefficient (Wildman–Crippen LogP) is 1.83. The van der Waals surface area contributed by atoms with Crippen LogP contribution in [0.4, 0.5) is 10.1 Å². The van der Waals surface area contributed by atoms with Gasteiger partial charge in [0.15, 0.2) is 0 Å². The third kappa shape index (κ3) is 3.70. The Hall–Kier alpha value is -1.63. The van der Waals surface area contributed by atoms with Crippen LogP contribution in [-0.2, 0) is 0 Å². The largest absolute Gasteiger partial charge is 0.351 e. The first-order chi connectivity index (χ1) is 8.06. The minimum atomic E-state index is -0.705. The normalized spacial score (nSPS) is 10.0. The number of thioether (sulfide) groups is 1. The summed E-state index contributed by atoms with van der Waals surface area (Å²) in [6, 6.07) is 2.81. The average molecular weight is 258 g/mol. The summed E-state index contributed by atoms with van der Waals surface area (Å²) in [7, 11) is 0. The van der Waals surface area contributed by atoms with Gasteiger partial charge in [0.1, 0.15) is 11.4 Å². The zero-order chi connectivity index (χ0) is 12.8. The predicted molar refractivity (Wildman–Crippen MR) is 63.8 cm³/mol. The van der Waals surface area contributed by atoms with Crippen LogP contribution in [0.25, 0.3) is 0 Å². The van der Waals surface area contributed by atoms with Crippen LogP contribution in [0.2, 0.25) is 0 Å². The van der Waals surface area contributed by atoms with E-state index in [2.05, 4.69) is 5.32 Å². The SMILES string of the molecule is CSCCNC(=O)c1cc(F)ccc1[N+](=O)[O-]. The van der Waals surface area contributed by atoms with Crippen LogP contribution in [0.1, 0.15) is 10.4 Å². The average Bonchev–Trinajstić information content (AvgIpc) is 2.28. The third-order valence-corrected chi connectivity index (χ3v) is 2.60. The first kappa shape index (κ1) is 13.4. The number of nitrogens with zero attached hydrogens (tertiary/aromatic N) is 1. The Morgan fingerprint density at radius 1 is 1.59 bits per heavy atom. The van der Waals surface area contributed by atoms with Crippen LogP contribution in [0.15, 0.2) is 18.2 Å². The number of amides is 1. The van der Waals surface area contributed by atoms with Crippen molar-refractivity contribution in [3.8, 4) is 0 Å². The number of nitro groups is 1. The Balaban J connectivity index is 2.90. The number of carbonyl (C=O) groups excluding carboxylic acids is 1. The van der Waals surface area contributed by atoms with Crippen molar-refractivity contribution in [2.24, 2.45) is 0 Å². The van der Waals surface area contributed by atoms with Gasteiger partial charge in [-0.25, -0.2) is 4.39 Å². The fraction of sp³-hybridized carbons (Fsp3) is 0.300. The van der Waals surface area contributed by atoms with E-state index in [-0.39, 0.29) is 5.56 Å². The Kier molecular flexibility index (Phi) is 4.89. The molecule has 0 bridgehead atoms. The summed E-state index contributed by atoms with van der Waals surface area (Å²) in [6.45, 7) is 0.383. The van der Waals surface area contributed by atoms with E-state index in [0.29, 0.717) is 12.3 Å². The number of carbonyl (C=O) groups is 1. The number of hydrogen-bond donors (Lipinski definition) is 1. The van der Waals surface area contributed by atoms with Gasteiger partial charge in [0.2, 0.25) is 0 Å². The first-order valence-corrected chi connectivity index (χ1v) is 6.16. The van der Waals surface area contributed by atoms with Gasteiger partial charge in [0, 0.05) is 18.4 Å². The van der Waals surface area contributed by atoms with Gasteiger partial charge in [0.25, 0.3) is 11.6 Å². The fourth-order valence-electron chi connectivity index (χ4n) is 1.21. The quantitative estimate of drug-likeness (QED) is 0.497. The third-order valence-electron chi connectivity index (χ3n) is 1.99. The van der Waals surface area contributed by atoms with E-state index in [1.165, 1.54) is 11.8 Å². The summed E-state index contributed by atoms with van der Waals surface area (Å²) in [6.07, 6.45) is 1.87. The monoisotopic (exact) mass is 258 g/mol. The Bertz CT molecular complexity index is 440. The molecule has 0 unspecified atom stereocenters. The number of nitrogens with one attached hydrogen (secondary N) is 1. The molecule has 1 aromatic carbocycles. The van der Waals surface area contributed by atoms with E-state index >= 15 is 0 Å². The minimum Gasteiger partial charge on any atom is -0.351 e. The molecule has 7 heteroatoms. The molecule has 0 radical (unpaired) electrons. The molecule has 92 valence electrons. The smallest absolute Gasteiger partial charge is 0.282 e. The van der Waals surface area contributed by atoms with E-state index in [1.54, 1.807) is 0 Å². The molecule has 1 rings (SSSR count). The second-order valence-corrected chi connectivity index (χ2v) is 4.15. The van der Waals surface area contributed by atoms with Crippen molar-refractivity contribution >= 4 is 23.4 Å². The number of benzene rings is 1. The first-order valence-electron chi connectivity index (χ1n) is 4.77. The van der Waals surface area contributed by atoms with E-state index < -0.39 is 22.3 Å². The van der Waals surface area contributed by atoms with Crippen LogP contribution in [0.5, 0.6) is 0 Å². The second-order valence-electron chi connectivity index (χ2n) is 3.17. The maximum atomic E-state index is 13.0. The van der Waals surface area contributed by atoms with E-state index in [4.69, 9.17) is 0 Å². The number of halogens is 1. The highest BCUT2D eigenvalue weighted by molar-refractivity contribution is 7.98. The lowest BCUT2D eigenvalue weighted by atomic mass is 10.1. The molecule has 1 N–H and O–H groups in total. The molecule has 5 nitrogen and oxygen atoms in total. The van der Waals surface area contributed by atoms with Crippen molar-refractivity contribution in [3.63, 3.8) is 0 Å². The molecule has 0 saturated heterocycles. The minimum absolute atomic E-state index is 0.254. The summed E-state index contributed by atoms with van der Waals surface area (Å²) in [5.41, 5.74) is -0.649. The van der Waals surface area contributed by atoms with Crippen LogP contribution >= 0.6 is 11.8 Å². The van der Waals surface area contributed by atoms with Gasteiger partial charge < -0.3 is 5.32 Å². The molecule has 0 aliphatic rings. The van der Waals surface area contributed by atoms with Crippen LogP contribution < -0.4 is 5.32 Å². The second kappa shape index (κ2) is 6.19. The van der Waals surface area contributed by atoms with E-state index in [1.807, 2.05) is 6.26 Å². The van der Waals surface area contributed by atoms with Gasteiger partial charge >= 0.3 is 0 Å². The standard InChI is InChI=1S/C10H11FN2O3S/c1-17-5-4-12-10(14)8-6-7(11)2-3-9(8)13(15)16/h2-3,6H,4-5H2,1H3,(H,12,14). The summed E-state index contributed by atoms with van der Waals surface area (Å²) in [5.74, 6) is -0.620. The lowest BCUT2D eigenvalue weighted by Gasteiger charge is -2.04. The highest BCUT2D eigenvalue weighted by Gasteiger charge is 2.20. The van der Waals surface area contributed by atoms with Crippen molar-refractivity contribution in [2.45, 2.75) is 0 Å². The highest BCUT2D eigenvalue weighted by atomic mass is 32.2. The van der Waals surface area contributed by atoms with Crippen molar-refractivity contribution in [2.75, 3.05) is 18.6 Å². The fourth-order valence-corrected chi connectivity index (χ4v) is 1.52. The molecule has 0 aliphatic heterocycles. The molecule has 0 heterocycles. The molecule has 0 atom stereocenters. The molecule has 0 aliphatic carbocycles. The number of hydrogen-bond acceptors (Lipinski definition) is 4. The molecule has 1 amide bonds. The highest BCUT2D eigenvalue weighted by Crippen LogP contribution is 2.19. The van der Waals surface area contributed by atoms with E-state index in [0.717, 1.165) is 18.2 Å². The summed E-state index contributed by atoms with van der Waals surface area (Å²) in [5, 5.41) is 13.2. The summed E-state index contributed by atoms with van der Waals surface area (Å²) >= 11 is 1.53. The van der Waals surface area contributed by atoms with Crippen molar-refractivity contribution in [1.29, 1.82) is 0 Å². The van der Waals surface area contributed by atoms with Crippen molar-refractivity contribution < 1.29 is 14.1 Å². The van der Waals surface area contributed by atoms with Crippen LogP contribution in [-0.4, -0.2) is 29.4 Å². The maximum Gasteiger partial charge on any atom is 0.282 e. The molecule has 0 aromatic heterocycles. The molecular weight excluding hydrogens is 247 g/mol. The van der Waals surface area contributed by atoms with Crippen LogP contribution in [0.3, 0.4) is 0 Å². The van der Waals surface area contributed by atoms with E-state index in [9.17, 15) is 19.3 Å². The lowest BCUT2D eigenvalue weighted by Crippen LogP contribution is -2.26. The molecule has 0 saturated carbocycles. The summed E-state index contributed by atoms with van der Waals surface area (Å²) in [4.78, 5) is 21.6. The molecule has 0 fully saturated rings. The summed E-state index contributed by atoms with van der Waals surface area (Å²) < 4.78 is 13.0. The Morgan fingerprint density at radius 3 is 2.88 bits per heavy atom. The Morgan fingerprint density at radius 2 is 2.29 bits per heavy atom. The van der Waals surface area contributed by atoms with Gasteiger partial charge in [-0.2, -0.15) is 11.8 Å². The molecular formula is C10H11FN2O3S. The maximum absolute atomic E-state index is 13.0. The van der Waals surface area contributed by atoms with Gasteiger partial charge in [-0.1, -0.05) is 0 Å². The zero-order valence-electron chi connectivity index (χ0n) is 9.10. The lowest BCUT2D eigenvalue weighted by molar-refractivity contribution is -0.385. The molecule has 0 spiro atoms. The Labute approximate surface area is 102 Å². The van der Waals surface area contributed by atoms with Crippen molar-refractivity contribution in [1.82, 2.24) is 5.32 Å². The van der Waals surface area contributed by atoms with Gasteiger partial charge in [-0.15, -0.1) is 0 Å². The zero-order valence-corrected chi connectivity index (χ0v) is 9.92. The topological polar surface area (TPSA) is 72.2 Å². The van der Waals surface area contributed by atoms with Crippen molar-refractivity contribution in [3.05, 3.63) is 39.7 Å². The van der Waals surface area contributed by atoms with Gasteiger partial charge in [-0.05, 0) is 18.4 Å². The number of rotatable bonds is 5. The van der Waals surface area contributed by atoms with Crippen LogP contribution in [0, 0.1) is 15.9 Å². The van der Waals surface area contributed by atoms with Gasteiger partial charge in [-0.3, -0.25) is 14.9 Å². The molecule has 1 aromatic rings. The number of nitro benzene ring substituents is 1. The molecule has 17 heavy (non-hydrogen) atoms. The van der Waals surface area contributed by atoms with Gasteiger partial charge in [0.05, 0.1) is 4.92 Å².